The van der Waals surface area contributed by atoms with E-state index >= 15 is 0 Å². The summed E-state index contributed by atoms with van der Waals surface area (Å²) in [7, 11) is -3.09. The summed E-state index contributed by atoms with van der Waals surface area (Å²) < 4.78 is 17.3. The molecule has 0 aliphatic carbocycles. The fourth-order valence-electron chi connectivity index (χ4n) is 0.782. The minimum atomic E-state index is -3.09. The van der Waals surface area contributed by atoms with Gasteiger partial charge in [0.15, 0.2) is 0 Å². The van der Waals surface area contributed by atoms with Crippen molar-refractivity contribution in [1.29, 1.82) is 0 Å². The molecule has 0 aromatic heterocycles. The summed E-state index contributed by atoms with van der Waals surface area (Å²) in [5.74, 6) is 0. The molecule has 1 saturated heterocycles. The molecule has 1 aliphatic heterocycles. The third-order valence-electron chi connectivity index (χ3n) is 1.25. The van der Waals surface area contributed by atoms with Crippen molar-refractivity contribution in [2.24, 2.45) is 5.40 Å². The Kier molecular flexibility index (Phi) is 1.64. The van der Waals surface area contributed by atoms with Crippen molar-refractivity contribution in [1.82, 2.24) is 0 Å². The summed E-state index contributed by atoms with van der Waals surface area (Å²) in [6, 6.07) is 0.479. The van der Waals surface area contributed by atoms with Gasteiger partial charge < -0.3 is 9.83 Å². The number of hydrogen-bond donors (Lipinski definition) is 1. The number of hydrogen-bond acceptors (Lipinski definition) is 2. The molecule has 1 atom stereocenters. The highest BCUT2D eigenvalue weighted by Gasteiger charge is 2.33. The lowest BCUT2D eigenvalue weighted by Crippen LogP contribution is -2.46. The molecule has 2 nitrogen and oxygen atoms in total. The largest absolute Gasteiger partial charge is 0.463 e. The molecule has 1 aliphatic rings. The highest BCUT2D eigenvalue weighted by atomic mass is 28.4. The van der Waals surface area contributed by atoms with E-state index in [-0.39, 0.29) is 0 Å². The molecule has 0 amide bonds. The van der Waals surface area contributed by atoms with Crippen molar-refractivity contribution in [2.75, 3.05) is 6.61 Å². The fraction of sp³-hybridized carbons (Fsp3) is 1.00. The lowest BCUT2D eigenvalue weighted by Gasteiger charge is -2.21. The van der Waals surface area contributed by atoms with Crippen LogP contribution in [0.5, 0.6) is 0 Å². The summed E-state index contributed by atoms with van der Waals surface area (Å²) in [6.45, 7) is 0.527. The van der Waals surface area contributed by atoms with Crippen molar-refractivity contribution in [3.05, 3.63) is 0 Å². The molecule has 48 valence electrons. The molecule has 0 bridgehead atoms. The highest BCUT2D eigenvalue weighted by molar-refractivity contribution is 6.63. The van der Waals surface area contributed by atoms with E-state index in [4.69, 9.17) is 9.83 Å². The third-order valence-corrected chi connectivity index (χ3v) is 2.97. The minimum absolute atomic E-state index is 0.479. The second kappa shape index (κ2) is 2.12. The van der Waals surface area contributed by atoms with Gasteiger partial charge in [0.2, 0.25) is 0 Å². The van der Waals surface area contributed by atoms with Gasteiger partial charge in [0.1, 0.15) is 0 Å². The van der Waals surface area contributed by atoms with Crippen LogP contribution in [0.4, 0.5) is 4.11 Å². The molecule has 8 heavy (non-hydrogen) atoms. The Morgan fingerprint density at radius 1 is 1.50 bits per heavy atom. The normalized spacial score (nSPS) is 39.8. The molecule has 1 unspecified atom stereocenters. The van der Waals surface area contributed by atoms with Gasteiger partial charge in [0, 0.05) is 12.7 Å². The van der Waals surface area contributed by atoms with Crippen LogP contribution in [0.15, 0.2) is 0 Å². The molecule has 1 fully saturated rings. The molecular formula is C4H10FNOSi. The monoisotopic (exact) mass is 135 g/mol. The van der Waals surface area contributed by atoms with Gasteiger partial charge >= 0.3 is 8.81 Å². The Balaban J connectivity index is 2.33. The Bertz CT molecular complexity index is 80.1. The smallest absolute Gasteiger partial charge is 0.380 e. The molecule has 0 radical (unpaired) electrons. The summed E-state index contributed by atoms with van der Waals surface area (Å²) in [5.41, 5.74) is 0. The van der Waals surface area contributed by atoms with Crippen LogP contribution in [0, 0.1) is 0 Å². The van der Waals surface area contributed by atoms with Gasteiger partial charge in [0.25, 0.3) is 0 Å². The van der Waals surface area contributed by atoms with Gasteiger partial charge in [-0.05, 0) is 12.8 Å². The van der Waals surface area contributed by atoms with Crippen molar-refractivity contribution < 1.29 is 8.53 Å². The highest BCUT2D eigenvalue weighted by Crippen LogP contribution is 2.16. The van der Waals surface area contributed by atoms with Gasteiger partial charge in [-0.2, -0.15) is 0 Å². The topological polar surface area (TPSA) is 35.2 Å². The second-order valence-corrected chi connectivity index (χ2v) is 4.45. The van der Waals surface area contributed by atoms with E-state index in [9.17, 15) is 4.11 Å². The van der Waals surface area contributed by atoms with Crippen LogP contribution in [0.1, 0.15) is 12.8 Å². The van der Waals surface area contributed by atoms with E-state index in [0.29, 0.717) is 12.7 Å². The summed E-state index contributed by atoms with van der Waals surface area (Å²) in [5, 5.41) is 5.13. The zero-order valence-electron chi connectivity index (χ0n) is 4.69. The number of halogens is 1. The van der Waals surface area contributed by atoms with Gasteiger partial charge in [-0.3, -0.25) is 4.11 Å². The Morgan fingerprint density at radius 3 is 2.50 bits per heavy atom. The van der Waals surface area contributed by atoms with E-state index in [1.54, 1.807) is 0 Å². The number of rotatable bonds is 0. The first-order valence-corrected chi connectivity index (χ1v) is 4.89. The van der Waals surface area contributed by atoms with Crippen molar-refractivity contribution in [2.45, 2.75) is 18.9 Å². The van der Waals surface area contributed by atoms with E-state index < -0.39 is 8.81 Å². The Morgan fingerprint density at radius 2 is 2.25 bits per heavy atom. The lowest BCUT2D eigenvalue weighted by molar-refractivity contribution is 0.234. The van der Waals surface area contributed by atoms with Gasteiger partial charge in [-0.1, -0.05) is 0 Å². The van der Waals surface area contributed by atoms with Crippen molar-refractivity contribution in [3.63, 3.8) is 0 Å². The van der Waals surface area contributed by atoms with Gasteiger partial charge in [0.05, 0.1) is 0 Å². The molecule has 0 aromatic carbocycles. The van der Waals surface area contributed by atoms with Gasteiger partial charge in [-0.15, -0.1) is 0 Å². The predicted octanol–water partition coefficient (Wildman–Crippen LogP) is 0.664. The van der Waals surface area contributed by atoms with Crippen LogP contribution in [0.2, 0.25) is 6.04 Å². The molecular weight excluding hydrogens is 125 g/mol. The maximum atomic E-state index is 12.6. The molecule has 1 rings (SSSR count). The van der Waals surface area contributed by atoms with Crippen LogP contribution in [0.25, 0.3) is 0 Å². The summed E-state index contributed by atoms with van der Waals surface area (Å²) in [4.78, 5) is 0. The van der Waals surface area contributed by atoms with E-state index in [0.717, 1.165) is 12.8 Å². The molecule has 0 aromatic rings. The maximum absolute atomic E-state index is 12.6. The molecule has 0 saturated carbocycles. The average Bonchev–Trinajstić information content (AvgIpc) is 1.65. The zero-order chi connectivity index (χ0) is 6.04. The maximum Gasteiger partial charge on any atom is 0.463 e. The Labute approximate surface area is 49.2 Å². The first-order chi connectivity index (χ1) is 3.71. The quantitative estimate of drug-likeness (QED) is 0.391. The van der Waals surface area contributed by atoms with Crippen LogP contribution < -0.4 is 5.40 Å². The molecule has 2 N–H and O–H groups in total. The fourth-order valence-corrected chi connectivity index (χ4v) is 2.14. The predicted molar refractivity (Wildman–Crippen MR) is 31.0 cm³/mol. The molecule has 1 heterocycles. The van der Waals surface area contributed by atoms with Gasteiger partial charge in [-0.25, -0.2) is 0 Å². The Hall–Kier alpha value is 0.0669. The summed E-state index contributed by atoms with van der Waals surface area (Å²) >= 11 is 0. The minimum Gasteiger partial charge on any atom is -0.380 e. The first kappa shape index (κ1) is 6.19. The summed E-state index contributed by atoms with van der Waals surface area (Å²) in [6.07, 6.45) is 1.87. The van der Waals surface area contributed by atoms with Crippen LogP contribution in [-0.4, -0.2) is 15.4 Å². The average molecular weight is 135 g/mol. The van der Waals surface area contributed by atoms with E-state index in [1.807, 2.05) is 0 Å². The van der Waals surface area contributed by atoms with E-state index in [2.05, 4.69) is 0 Å². The van der Waals surface area contributed by atoms with Crippen molar-refractivity contribution >= 4 is 8.81 Å². The zero-order valence-corrected chi connectivity index (χ0v) is 5.69. The molecule has 4 heteroatoms. The first-order valence-electron chi connectivity index (χ1n) is 2.82. The molecule has 0 spiro atoms. The standard InChI is InChI=1S/C4H10FNOSi/c5-8(6)4-2-1-3-7-8/h1-4,6H2. The van der Waals surface area contributed by atoms with Crippen LogP contribution in [-0.2, 0) is 4.43 Å². The van der Waals surface area contributed by atoms with Crippen molar-refractivity contribution in [3.8, 4) is 0 Å². The van der Waals surface area contributed by atoms with E-state index in [1.165, 1.54) is 0 Å². The third kappa shape index (κ3) is 1.54. The van der Waals surface area contributed by atoms with Crippen LogP contribution in [0.3, 0.4) is 0 Å². The van der Waals surface area contributed by atoms with Crippen LogP contribution >= 0.6 is 0 Å². The second-order valence-electron chi connectivity index (χ2n) is 2.09. The SMILES string of the molecule is N[Si]1(F)CCCCO1. The number of nitrogens with two attached hydrogens (primary N) is 1. The lowest BCUT2D eigenvalue weighted by atomic mass is 10.4.